The van der Waals surface area contributed by atoms with Crippen LogP contribution in [0.4, 0.5) is 0 Å². The maximum absolute atomic E-state index is 13.4. The van der Waals surface area contributed by atoms with Gasteiger partial charge in [0.15, 0.2) is 5.78 Å². The van der Waals surface area contributed by atoms with Crippen LogP contribution in [0.3, 0.4) is 0 Å². The van der Waals surface area contributed by atoms with Crippen molar-refractivity contribution in [1.29, 1.82) is 0 Å². The smallest absolute Gasteiger partial charge is 0.253 e. The number of aromatic nitrogens is 1. The van der Waals surface area contributed by atoms with Crippen molar-refractivity contribution in [1.82, 2.24) is 20.5 Å². The second-order valence-electron chi connectivity index (χ2n) is 10.4. The molecular formula is C27H38N4O4. The Hall–Kier alpha value is -2.97. The van der Waals surface area contributed by atoms with Crippen molar-refractivity contribution in [2.24, 2.45) is 5.41 Å². The maximum atomic E-state index is 13.4. The van der Waals surface area contributed by atoms with Gasteiger partial charge >= 0.3 is 0 Å². The number of H-pyrrole nitrogens is 1. The van der Waals surface area contributed by atoms with Gasteiger partial charge in [-0.2, -0.15) is 0 Å². The molecule has 1 aromatic heterocycles. The Kier molecular flexibility index (Phi) is 9.23. The van der Waals surface area contributed by atoms with E-state index in [0.29, 0.717) is 18.4 Å². The lowest BCUT2D eigenvalue weighted by molar-refractivity contribution is -0.128. The van der Waals surface area contributed by atoms with E-state index in [1.165, 1.54) is 5.56 Å². The van der Waals surface area contributed by atoms with E-state index >= 15 is 0 Å². The maximum Gasteiger partial charge on any atom is 0.253 e. The van der Waals surface area contributed by atoms with E-state index in [9.17, 15) is 14.4 Å². The molecule has 0 bridgehead atoms. The zero-order valence-electron chi connectivity index (χ0n) is 21.2. The van der Waals surface area contributed by atoms with Crippen LogP contribution in [0.25, 0.3) is 0 Å². The van der Waals surface area contributed by atoms with E-state index in [2.05, 4.69) is 41.6 Å². The summed E-state index contributed by atoms with van der Waals surface area (Å²) in [4.78, 5) is 43.6. The molecule has 3 atom stereocenters. The molecule has 2 unspecified atom stereocenters. The Labute approximate surface area is 207 Å². The highest BCUT2D eigenvalue weighted by Gasteiger charge is 2.39. The summed E-state index contributed by atoms with van der Waals surface area (Å²) in [5, 5.41) is 5.79. The number of ether oxygens (including phenoxy) is 1. The fourth-order valence-electron chi connectivity index (χ4n) is 4.34. The highest BCUT2D eigenvalue weighted by molar-refractivity contribution is 5.98. The van der Waals surface area contributed by atoms with E-state index < -0.39 is 12.1 Å². The third kappa shape index (κ3) is 8.04. The van der Waals surface area contributed by atoms with Gasteiger partial charge in [-0.3, -0.25) is 14.4 Å². The average molecular weight is 483 g/mol. The average Bonchev–Trinajstić information content (AvgIpc) is 3.47. The number of aromatic amines is 1. The second-order valence-corrected chi connectivity index (χ2v) is 10.4. The number of nitrogens with one attached hydrogen (secondary N) is 3. The standard InChI is InChI=1S/C27H38N4O4/c1-27(2,13-10-19-8-6-5-7-9-19)16-21(29-25(33)20-11-14-28-17-20)26(34)30-24-22(32)18-35-23(24)12-15-31(3)4/h5-9,11,14,17,21,23-24,28H,10,12-13,15-16,18H2,1-4H3,(H,29,33)(H,30,34)/t21-,23?,24?/m0/s1. The molecular weight excluding hydrogens is 444 g/mol. The van der Waals surface area contributed by atoms with Gasteiger partial charge in [0.1, 0.15) is 18.7 Å². The predicted octanol–water partition coefficient (Wildman–Crippen LogP) is 2.57. The summed E-state index contributed by atoms with van der Waals surface area (Å²) in [7, 11) is 3.91. The topological polar surface area (TPSA) is 104 Å². The van der Waals surface area contributed by atoms with Crippen molar-refractivity contribution >= 4 is 17.6 Å². The lowest BCUT2D eigenvalue weighted by Crippen LogP contribution is -2.54. The normalized spacial score (nSPS) is 19.1. The number of hydrogen-bond donors (Lipinski definition) is 3. The first kappa shape index (κ1) is 26.6. The summed E-state index contributed by atoms with van der Waals surface area (Å²) in [6, 6.07) is 10.4. The second kappa shape index (κ2) is 12.1. The molecule has 1 aliphatic heterocycles. The minimum Gasteiger partial charge on any atom is -0.368 e. The van der Waals surface area contributed by atoms with Gasteiger partial charge in [-0.25, -0.2) is 0 Å². The molecule has 1 aliphatic rings. The summed E-state index contributed by atoms with van der Waals surface area (Å²) < 4.78 is 5.65. The largest absolute Gasteiger partial charge is 0.368 e. The SMILES string of the molecule is CN(C)CCC1OCC(=O)C1NC(=O)[C@H](CC(C)(C)CCc1ccccc1)NC(=O)c1cc[nH]c1. The molecule has 8 heteroatoms. The van der Waals surface area contributed by atoms with Crippen LogP contribution in [0.15, 0.2) is 48.8 Å². The Morgan fingerprint density at radius 1 is 1.20 bits per heavy atom. The lowest BCUT2D eigenvalue weighted by atomic mass is 9.80. The van der Waals surface area contributed by atoms with Crippen molar-refractivity contribution in [2.75, 3.05) is 27.2 Å². The predicted molar refractivity (Wildman–Crippen MR) is 135 cm³/mol. The molecule has 3 rings (SSSR count). The minimum absolute atomic E-state index is 0.00795. The fraction of sp³-hybridized carbons (Fsp3) is 0.519. The summed E-state index contributed by atoms with van der Waals surface area (Å²) >= 11 is 0. The highest BCUT2D eigenvalue weighted by atomic mass is 16.5. The minimum atomic E-state index is -0.786. The monoisotopic (exact) mass is 482 g/mol. The van der Waals surface area contributed by atoms with Gasteiger partial charge in [-0.15, -0.1) is 0 Å². The van der Waals surface area contributed by atoms with Gasteiger partial charge in [0.2, 0.25) is 5.91 Å². The molecule has 2 heterocycles. The van der Waals surface area contributed by atoms with Crippen LogP contribution in [0, 0.1) is 5.41 Å². The molecule has 0 spiro atoms. The first-order valence-electron chi connectivity index (χ1n) is 12.2. The Balaban J connectivity index is 1.70. The third-order valence-electron chi connectivity index (χ3n) is 6.49. The highest BCUT2D eigenvalue weighted by Crippen LogP contribution is 2.29. The molecule has 0 saturated carbocycles. The fourth-order valence-corrected chi connectivity index (χ4v) is 4.34. The number of rotatable bonds is 12. The molecule has 0 aliphatic carbocycles. The number of benzene rings is 1. The molecule has 1 saturated heterocycles. The van der Waals surface area contributed by atoms with Crippen LogP contribution in [-0.4, -0.2) is 72.9 Å². The zero-order chi connectivity index (χ0) is 25.4. The van der Waals surface area contributed by atoms with Crippen molar-refractivity contribution in [3.8, 4) is 0 Å². The molecule has 2 aromatic rings. The lowest BCUT2D eigenvalue weighted by Gasteiger charge is -2.31. The van der Waals surface area contributed by atoms with Gasteiger partial charge in [-0.05, 0) is 56.8 Å². The van der Waals surface area contributed by atoms with Crippen LogP contribution in [0.5, 0.6) is 0 Å². The quantitative estimate of drug-likeness (QED) is 0.431. The molecule has 35 heavy (non-hydrogen) atoms. The number of carbonyl (C=O) groups is 3. The molecule has 3 N–H and O–H groups in total. The van der Waals surface area contributed by atoms with E-state index in [0.717, 1.165) is 19.4 Å². The zero-order valence-corrected chi connectivity index (χ0v) is 21.2. The van der Waals surface area contributed by atoms with Crippen LogP contribution in [0.2, 0.25) is 0 Å². The van der Waals surface area contributed by atoms with Crippen LogP contribution in [-0.2, 0) is 20.7 Å². The number of Topliss-reactive ketones (excluding diaryl/α,β-unsaturated/α-hetero) is 1. The van der Waals surface area contributed by atoms with E-state index in [1.807, 2.05) is 37.2 Å². The molecule has 8 nitrogen and oxygen atoms in total. The Morgan fingerprint density at radius 2 is 1.94 bits per heavy atom. The molecule has 1 aromatic carbocycles. The number of carbonyl (C=O) groups excluding carboxylic acids is 3. The van der Waals surface area contributed by atoms with Crippen LogP contribution >= 0.6 is 0 Å². The van der Waals surface area contributed by atoms with Gasteiger partial charge < -0.3 is 25.3 Å². The summed E-state index contributed by atoms with van der Waals surface area (Å²) in [5.74, 6) is -0.829. The number of ketones is 1. The molecule has 0 radical (unpaired) electrons. The number of nitrogens with zero attached hydrogens (tertiary/aromatic N) is 1. The van der Waals surface area contributed by atoms with Crippen LogP contribution < -0.4 is 10.6 Å². The first-order valence-corrected chi connectivity index (χ1v) is 12.2. The van der Waals surface area contributed by atoms with Crippen LogP contribution in [0.1, 0.15) is 49.0 Å². The van der Waals surface area contributed by atoms with E-state index in [4.69, 9.17) is 4.74 Å². The summed E-state index contributed by atoms with van der Waals surface area (Å²) in [5.41, 5.74) is 1.45. The number of hydrogen-bond acceptors (Lipinski definition) is 5. The Bertz CT molecular complexity index is 972. The van der Waals surface area contributed by atoms with Gasteiger partial charge in [-0.1, -0.05) is 44.2 Å². The van der Waals surface area contributed by atoms with Gasteiger partial charge in [0, 0.05) is 18.9 Å². The van der Waals surface area contributed by atoms with Crippen molar-refractivity contribution in [2.45, 2.75) is 57.7 Å². The Morgan fingerprint density at radius 3 is 2.60 bits per heavy atom. The van der Waals surface area contributed by atoms with E-state index in [1.54, 1.807) is 18.5 Å². The summed E-state index contributed by atoms with van der Waals surface area (Å²) in [6.45, 7) is 4.93. The van der Waals surface area contributed by atoms with Gasteiger partial charge in [0.05, 0.1) is 11.7 Å². The molecule has 1 fully saturated rings. The molecule has 190 valence electrons. The third-order valence-corrected chi connectivity index (χ3v) is 6.49. The number of amides is 2. The van der Waals surface area contributed by atoms with Crippen molar-refractivity contribution < 1.29 is 19.1 Å². The number of aryl methyl sites for hydroxylation is 1. The molecule has 2 amide bonds. The van der Waals surface area contributed by atoms with Crippen molar-refractivity contribution in [3.05, 3.63) is 59.9 Å². The van der Waals surface area contributed by atoms with E-state index in [-0.39, 0.29) is 35.7 Å². The van der Waals surface area contributed by atoms with Crippen molar-refractivity contribution in [3.63, 3.8) is 0 Å². The van der Waals surface area contributed by atoms with Gasteiger partial charge in [0.25, 0.3) is 5.91 Å². The first-order chi connectivity index (χ1) is 16.6. The summed E-state index contributed by atoms with van der Waals surface area (Å²) in [6.07, 6.45) is 5.67.